The Balaban J connectivity index is 1.52. The zero-order valence-electron chi connectivity index (χ0n) is 22.5. The van der Waals surface area contributed by atoms with Gasteiger partial charge in [-0.05, 0) is 49.1 Å². The van der Waals surface area contributed by atoms with Crippen molar-refractivity contribution in [3.8, 4) is 17.2 Å². The Morgan fingerprint density at radius 2 is 1.64 bits per heavy atom. The Hall–Kier alpha value is -3.84. The van der Waals surface area contributed by atoms with E-state index in [9.17, 15) is 9.59 Å². The van der Waals surface area contributed by atoms with Gasteiger partial charge in [0.1, 0.15) is 11.8 Å². The van der Waals surface area contributed by atoms with Crippen molar-refractivity contribution in [3.05, 3.63) is 89.5 Å². The van der Waals surface area contributed by atoms with Gasteiger partial charge in [0.05, 0.1) is 19.8 Å². The van der Waals surface area contributed by atoms with Gasteiger partial charge in [0.25, 0.3) is 5.91 Å². The number of methoxy groups -OCH3 is 1. The summed E-state index contributed by atoms with van der Waals surface area (Å²) in [5.74, 6) is 1.08. The molecule has 1 saturated carbocycles. The highest BCUT2D eigenvalue weighted by atomic mass is 16.5. The molecule has 1 heterocycles. The summed E-state index contributed by atoms with van der Waals surface area (Å²) in [6.45, 7) is 2.21. The van der Waals surface area contributed by atoms with Crippen LogP contribution in [0.3, 0.4) is 0 Å². The van der Waals surface area contributed by atoms with Gasteiger partial charge >= 0.3 is 5.97 Å². The fourth-order valence-corrected chi connectivity index (χ4v) is 5.45. The molecule has 0 saturated heterocycles. The number of fused-ring (bicyclic) bond motifs is 1. The average Bonchev–Trinajstić information content (AvgIpc) is 3.50. The molecule has 39 heavy (non-hydrogen) atoms. The first kappa shape index (κ1) is 26.8. The minimum Gasteiger partial charge on any atom is -0.493 e. The van der Waals surface area contributed by atoms with Crippen LogP contribution >= 0.6 is 0 Å². The fraction of sp³-hybridized carbons (Fsp3) is 0.375. The lowest BCUT2D eigenvalue weighted by Crippen LogP contribution is -2.51. The van der Waals surface area contributed by atoms with Crippen molar-refractivity contribution < 1.29 is 28.5 Å². The Labute approximate surface area is 229 Å². The summed E-state index contributed by atoms with van der Waals surface area (Å²) < 4.78 is 23.8. The van der Waals surface area contributed by atoms with Gasteiger partial charge in [0, 0.05) is 18.5 Å². The molecule has 0 radical (unpaired) electrons. The van der Waals surface area contributed by atoms with Crippen LogP contribution in [0.5, 0.6) is 17.2 Å². The van der Waals surface area contributed by atoms with Crippen LogP contribution in [0.15, 0.2) is 72.8 Å². The normalized spacial score (nSPS) is 17.8. The smallest absolute Gasteiger partial charge is 0.329 e. The topological polar surface area (TPSA) is 74.3 Å². The third-order valence-corrected chi connectivity index (χ3v) is 7.42. The molecule has 0 unspecified atom stereocenters. The van der Waals surface area contributed by atoms with E-state index in [4.69, 9.17) is 18.9 Å². The van der Waals surface area contributed by atoms with Crippen molar-refractivity contribution in [3.63, 3.8) is 0 Å². The molecule has 204 valence electrons. The molecule has 1 aliphatic heterocycles. The number of nitrogens with zero attached hydrogens (tertiary/aromatic N) is 1. The standard InChI is InChI=1S/C32H35NO6/c1-3-37-32(35)27-20-26-23(18-19-28(36-2)30(26)39-25-14-8-5-9-15-25)21-33(27)31(34)29(22-12-6-4-7-13-22)38-24-16-10-11-17-24/h4-9,12-15,18-19,24,27,29H,3,10-11,16-17,20-21H2,1-2H3/t27-,29-/m0/s1. The Morgan fingerprint density at radius 1 is 0.949 bits per heavy atom. The summed E-state index contributed by atoms with van der Waals surface area (Å²) in [5.41, 5.74) is 2.50. The van der Waals surface area contributed by atoms with Crippen molar-refractivity contribution in [2.45, 2.75) is 63.8 Å². The van der Waals surface area contributed by atoms with Gasteiger partial charge in [-0.3, -0.25) is 4.79 Å². The van der Waals surface area contributed by atoms with Crippen molar-refractivity contribution in [1.29, 1.82) is 0 Å². The monoisotopic (exact) mass is 529 g/mol. The molecule has 3 aromatic carbocycles. The summed E-state index contributed by atoms with van der Waals surface area (Å²) in [7, 11) is 1.59. The van der Waals surface area contributed by atoms with E-state index in [1.165, 1.54) is 0 Å². The highest BCUT2D eigenvalue weighted by molar-refractivity contribution is 5.89. The van der Waals surface area contributed by atoms with Crippen LogP contribution in [0.2, 0.25) is 0 Å². The van der Waals surface area contributed by atoms with E-state index < -0.39 is 18.1 Å². The van der Waals surface area contributed by atoms with E-state index in [1.54, 1.807) is 18.9 Å². The molecule has 0 bridgehead atoms. The van der Waals surface area contributed by atoms with Crippen LogP contribution in [-0.2, 0) is 32.0 Å². The molecule has 0 spiro atoms. The van der Waals surface area contributed by atoms with E-state index in [0.717, 1.165) is 42.4 Å². The Morgan fingerprint density at radius 3 is 2.31 bits per heavy atom. The first-order chi connectivity index (χ1) is 19.1. The van der Waals surface area contributed by atoms with Gasteiger partial charge in [-0.15, -0.1) is 0 Å². The predicted molar refractivity (Wildman–Crippen MR) is 147 cm³/mol. The molecule has 1 aliphatic carbocycles. The molecular formula is C32H35NO6. The molecule has 3 aromatic rings. The first-order valence-corrected chi connectivity index (χ1v) is 13.7. The number of esters is 1. The minimum atomic E-state index is -0.825. The fourth-order valence-electron chi connectivity index (χ4n) is 5.45. The Kier molecular flexibility index (Phi) is 8.47. The maximum atomic E-state index is 14.3. The molecule has 5 rings (SSSR count). The summed E-state index contributed by atoms with van der Waals surface area (Å²) in [6.07, 6.45) is 3.51. The van der Waals surface area contributed by atoms with Crippen molar-refractivity contribution in [2.75, 3.05) is 13.7 Å². The number of hydrogen-bond donors (Lipinski definition) is 0. The second-order valence-electron chi connectivity index (χ2n) is 9.92. The van der Waals surface area contributed by atoms with E-state index in [2.05, 4.69) is 0 Å². The lowest BCUT2D eigenvalue weighted by atomic mass is 9.91. The number of carbonyl (C=O) groups is 2. The third-order valence-electron chi connectivity index (χ3n) is 7.42. The molecule has 2 aliphatic rings. The van der Waals surface area contributed by atoms with Gasteiger partial charge in [0.15, 0.2) is 17.6 Å². The molecule has 7 heteroatoms. The van der Waals surface area contributed by atoms with Crippen LogP contribution < -0.4 is 9.47 Å². The molecule has 0 N–H and O–H groups in total. The molecular weight excluding hydrogens is 494 g/mol. The number of rotatable bonds is 9. The van der Waals surface area contributed by atoms with Gasteiger partial charge < -0.3 is 23.8 Å². The van der Waals surface area contributed by atoms with E-state index in [-0.39, 0.29) is 31.6 Å². The summed E-state index contributed by atoms with van der Waals surface area (Å²) in [5, 5.41) is 0. The highest BCUT2D eigenvalue weighted by Gasteiger charge is 2.41. The minimum absolute atomic E-state index is 0.0208. The average molecular weight is 530 g/mol. The zero-order chi connectivity index (χ0) is 27.2. The highest BCUT2D eigenvalue weighted by Crippen LogP contribution is 2.42. The van der Waals surface area contributed by atoms with Gasteiger partial charge in [-0.2, -0.15) is 0 Å². The number of ether oxygens (including phenoxy) is 4. The number of para-hydroxylation sites is 1. The SMILES string of the molecule is CCOC(=O)[C@@H]1Cc2c(ccc(OC)c2Oc2ccccc2)CN1C(=O)[C@@H](OC1CCCC1)c1ccccc1. The molecule has 1 fully saturated rings. The quantitative estimate of drug-likeness (QED) is 0.316. The number of hydrogen-bond acceptors (Lipinski definition) is 6. The molecule has 1 amide bonds. The van der Waals surface area contributed by atoms with Crippen LogP contribution in [0.25, 0.3) is 0 Å². The lowest BCUT2D eigenvalue weighted by molar-refractivity contribution is -0.163. The number of amides is 1. The number of carbonyl (C=O) groups excluding carboxylic acids is 2. The zero-order valence-corrected chi connectivity index (χ0v) is 22.5. The Bertz CT molecular complexity index is 1270. The largest absolute Gasteiger partial charge is 0.493 e. The third kappa shape index (κ3) is 5.93. The van der Waals surface area contributed by atoms with E-state index >= 15 is 0 Å². The second kappa shape index (κ2) is 12.3. The van der Waals surface area contributed by atoms with Crippen LogP contribution in [0.4, 0.5) is 0 Å². The van der Waals surface area contributed by atoms with Crippen molar-refractivity contribution >= 4 is 11.9 Å². The summed E-state index contributed by atoms with van der Waals surface area (Å²) >= 11 is 0. The van der Waals surface area contributed by atoms with Crippen LogP contribution in [-0.4, -0.2) is 42.6 Å². The second-order valence-corrected chi connectivity index (χ2v) is 9.92. The van der Waals surface area contributed by atoms with Crippen LogP contribution in [0.1, 0.15) is 55.4 Å². The predicted octanol–water partition coefficient (Wildman–Crippen LogP) is 6.00. The maximum Gasteiger partial charge on any atom is 0.329 e. The van der Waals surface area contributed by atoms with Crippen molar-refractivity contribution in [2.24, 2.45) is 0 Å². The lowest BCUT2D eigenvalue weighted by Gasteiger charge is -2.38. The van der Waals surface area contributed by atoms with Gasteiger partial charge in [-0.1, -0.05) is 67.4 Å². The summed E-state index contributed by atoms with van der Waals surface area (Å²) in [6, 6.07) is 21.9. The molecule has 7 nitrogen and oxygen atoms in total. The molecule has 0 aromatic heterocycles. The number of benzene rings is 3. The van der Waals surface area contributed by atoms with Crippen molar-refractivity contribution in [1.82, 2.24) is 4.90 Å². The summed E-state index contributed by atoms with van der Waals surface area (Å²) in [4.78, 5) is 29.2. The maximum absolute atomic E-state index is 14.3. The van der Waals surface area contributed by atoms with E-state index in [0.29, 0.717) is 17.2 Å². The van der Waals surface area contributed by atoms with Gasteiger partial charge in [0.2, 0.25) is 0 Å². The molecule has 2 atom stereocenters. The van der Waals surface area contributed by atoms with Crippen LogP contribution in [0, 0.1) is 0 Å². The first-order valence-electron chi connectivity index (χ1n) is 13.7. The van der Waals surface area contributed by atoms with E-state index in [1.807, 2.05) is 72.8 Å². The van der Waals surface area contributed by atoms with Gasteiger partial charge in [-0.25, -0.2) is 4.79 Å².